The van der Waals surface area contributed by atoms with Gasteiger partial charge in [0.15, 0.2) is 5.96 Å². The molecule has 1 rings (SSSR count). The van der Waals surface area contributed by atoms with Crippen LogP contribution in [0.15, 0.2) is 4.99 Å². The summed E-state index contributed by atoms with van der Waals surface area (Å²) >= 11 is 0. The number of piperidine rings is 1. The number of hydrogen-bond donors (Lipinski definition) is 3. The second-order valence-corrected chi connectivity index (χ2v) is 5.43. The zero-order valence-electron chi connectivity index (χ0n) is 14.4. The lowest BCUT2D eigenvalue weighted by atomic mass is 9.93. The number of likely N-dealkylation sites (N-methyl/N-ethyl adjacent to an activating group) is 1. The molecule has 2 amide bonds. The highest BCUT2D eigenvalue weighted by molar-refractivity contribution is 14.0. The molecule has 23 heavy (non-hydrogen) atoms. The van der Waals surface area contributed by atoms with Gasteiger partial charge in [0.25, 0.3) is 0 Å². The number of carbonyl (C=O) groups is 2. The molecule has 1 fully saturated rings. The summed E-state index contributed by atoms with van der Waals surface area (Å²) in [5.74, 6) is 1.26. The van der Waals surface area contributed by atoms with Crippen LogP contribution in [0.2, 0.25) is 0 Å². The monoisotopic (exact) mass is 439 g/mol. The number of nitrogens with zero attached hydrogens (tertiary/aromatic N) is 2. The Kier molecular flexibility index (Phi) is 11.8. The van der Waals surface area contributed by atoms with Crippen molar-refractivity contribution < 1.29 is 9.59 Å². The first-order valence-electron chi connectivity index (χ1n) is 8.11. The largest absolute Gasteiger partial charge is 0.359 e. The van der Waals surface area contributed by atoms with Crippen molar-refractivity contribution in [2.24, 2.45) is 10.9 Å². The Morgan fingerprint density at radius 2 is 1.70 bits per heavy atom. The van der Waals surface area contributed by atoms with Gasteiger partial charge in [0.1, 0.15) is 6.54 Å². The first-order chi connectivity index (χ1) is 10.6. The van der Waals surface area contributed by atoms with Crippen molar-refractivity contribution in [3.05, 3.63) is 0 Å². The molecule has 0 aromatic rings. The minimum absolute atomic E-state index is 0. The summed E-state index contributed by atoms with van der Waals surface area (Å²) in [6, 6.07) is 0. The fourth-order valence-electron chi connectivity index (χ4n) is 2.54. The second-order valence-electron chi connectivity index (χ2n) is 5.43. The molecule has 7 nitrogen and oxygen atoms in total. The van der Waals surface area contributed by atoms with Gasteiger partial charge in [0, 0.05) is 39.6 Å². The van der Waals surface area contributed by atoms with E-state index in [1.54, 1.807) is 7.05 Å². The van der Waals surface area contributed by atoms with E-state index in [0.29, 0.717) is 18.9 Å². The normalized spacial score (nSPS) is 15.6. The van der Waals surface area contributed by atoms with E-state index in [1.165, 1.54) is 0 Å². The highest BCUT2D eigenvalue weighted by Crippen LogP contribution is 2.20. The molecule has 0 aromatic heterocycles. The molecule has 8 heteroatoms. The van der Waals surface area contributed by atoms with E-state index < -0.39 is 0 Å². The van der Waals surface area contributed by atoms with Crippen molar-refractivity contribution in [1.82, 2.24) is 20.9 Å². The van der Waals surface area contributed by atoms with Gasteiger partial charge in [0.05, 0.1) is 0 Å². The van der Waals surface area contributed by atoms with Gasteiger partial charge in [-0.25, -0.2) is 4.99 Å². The Morgan fingerprint density at radius 3 is 2.22 bits per heavy atom. The Bertz CT molecular complexity index is 395. The van der Waals surface area contributed by atoms with Crippen molar-refractivity contribution in [3.8, 4) is 0 Å². The number of amides is 2. The Hall–Kier alpha value is -1.06. The van der Waals surface area contributed by atoms with Crippen LogP contribution in [0.4, 0.5) is 0 Å². The van der Waals surface area contributed by atoms with E-state index in [4.69, 9.17) is 0 Å². The third-order valence-corrected chi connectivity index (χ3v) is 3.75. The quantitative estimate of drug-likeness (QED) is 0.321. The molecule has 0 bridgehead atoms. The lowest BCUT2D eigenvalue weighted by Gasteiger charge is -2.34. The number of guanidine groups is 1. The average molecular weight is 439 g/mol. The second kappa shape index (κ2) is 12.4. The molecule has 134 valence electrons. The average Bonchev–Trinajstić information content (AvgIpc) is 2.52. The first kappa shape index (κ1) is 21.9. The molecule has 0 radical (unpaired) electrons. The number of aliphatic imine (C=N–C) groups is 1. The number of likely N-dealkylation sites (tertiary alicyclic amines) is 1. The van der Waals surface area contributed by atoms with Gasteiger partial charge in [0.2, 0.25) is 11.8 Å². The summed E-state index contributed by atoms with van der Waals surface area (Å²) in [5, 5.41) is 8.66. The van der Waals surface area contributed by atoms with Gasteiger partial charge in [-0.2, -0.15) is 0 Å². The molecular weight excluding hydrogens is 409 g/mol. The minimum atomic E-state index is -0.0626. The van der Waals surface area contributed by atoms with Crippen LogP contribution in [0.3, 0.4) is 0 Å². The van der Waals surface area contributed by atoms with Crippen LogP contribution in [-0.4, -0.2) is 62.4 Å². The van der Waals surface area contributed by atoms with Crippen LogP contribution in [-0.2, 0) is 9.59 Å². The van der Waals surface area contributed by atoms with Gasteiger partial charge in [-0.3, -0.25) is 9.59 Å². The maximum atomic E-state index is 11.5. The zero-order chi connectivity index (χ0) is 16.4. The third kappa shape index (κ3) is 8.38. The van der Waals surface area contributed by atoms with E-state index in [9.17, 15) is 9.59 Å². The molecule has 0 unspecified atom stereocenters. The van der Waals surface area contributed by atoms with Crippen LogP contribution in [0.1, 0.15) is 33.1 Å². The molecule has 0 spiro atoms. The summed E-state index contributed by atoms with van der Waals surface area (Å²) < 4.78 is 0. The number of nitrogens with one attached hydrogen (secondary N) is 3. The molecule has 1 saturated heterocycles. The van der Waals surface area contributed by atoms with E-state index in [-0.39, 0.29) is 42.3 Å². The summed E-state index contributed by atoms with van der Waals surface area (Å²) in [5.41, 5.74) is 0. The third-order valence-electron chi connectivity index (χ3n) is 3.75. The number of hydrogen-bond acceptors (Lipinski definition) is 3. The summed E-state index contributed by atoms with van der Waals surface area (Å²) in [7, 11) is 1.68. The van der Waals surface area contributed by atoms with E-state index in [2.05, 4.69) is 25.8 Å². The molecule has 0 saturated carbocycles. The van der Waals surface area contributed by atoms with Gasteiger partial charge in [-0.05, 0) is 32.6 Å². The highest BCUT2D eigenvalue weighted by atomic mass is 127. The predicted octanol–water partition coefficient (Wildman–Crippen LogP) is 0.554. The smallest absolute Gasteiger partial charge is 0.241 e. The van der Waals surface area contributed by atoms with Crippen molar-refractivity contribution in [2.45, 2.75) is 33.1 Å². The van der Waals surface area contributed by atoms with E-state index in [1.807, 2.05) is 13.8 Å². The lowest BCUT2D eigenvalue weighted by molar-refractivity contribution is -0.122. The molecule has 1 aliphatic rings. The standard InChI is InChI=1S/C15H29N5O2.HI/c1-4-17-14(22)11-19-15(18-5-2)20-8-6-12(7-9-20)10-13(21)16-3;/h12H,4-11H2,1-3H3,(H,16,21)(H,17,22)(H,18,19);1H. The summed E-state index contributed by atoms with van der Waals surface area (Å²) in [6.45, 7) is 7.17. The van der Waals surface area contributed by atoms with Crippen LogP contribution in [0, 0.1) is 5.92 Å². The van der Waals surface area contributed by atoms with Crippen LogP contribution in [0.5, 0.6) is 0 Å². The zero-order valence-corrected chi connectivity index (χ0v) is 16.7. The van der Waals surface area contributed by atoms with Crippen molar-refractivity contribution in [1.29, 1.82) is 0 Å². The molecule has 3 N–H and O–H groups in total. The van der Waals surface area contributed by atoms with Gasteiger partial charge < -0.3 is 20.9 Å². The van der Waals surface area contributed by atoms with Gasteiger partial charge in [-0.1, -0.05) is 0 Å². The molecule has 0 aromatic carbocycles. The summed E-state index contributed by atoms with van der Waals surface area (Å²) in [4.78, 5) is 29.5. The fourth-order valence-corrected chi connectivity index (χ4v) is 2.54. The molecule has 1 aliphatic heterocycles. The molecular formula is C15H30IN5O2. The van der Waals surface area contributed by atoms with Crippen molar-refractivity contribution in [3.63, 3.8) is 0 Å². The van der Waals surface area contributed by atoms with Crippen LogP contribution in [0.25, 0.3) is 0 Å². The Labute approximate surface area is 156 Å². The first-order valence-corrected chi connectivity index (χ1v) is 8.11. The molecule has 1 heterocycles. The Balaban J connectivity index is 0.00000484. The van der Waals surface area contributed by atoms with E-state index in [0.717, 1.165) is 38.4 Å². The predicted molar refractivity (Wildman–Crippen MR) is 103 cm³/mol. The van der Waals surface area contributed by atoms with Crippen LogP contribution >= 0.6 is 24.0 Å². The Morgan fingerprint density at radius 1 is 1.09 bits per heavy atom. The minimum Gasteiger partial charge on any atom is -0.359 e. The molecule has 0 aliphatic carbocycles. The topological polar surface area (TPSA) is 85.8 Å². The lowest BCUT2D eigenvalue weighted by Crippen LogP contribution is -2.46. The highest BCUT2D eigenvalue weighted by Gasteiger charge is 2.23. The fraction of sp³-hybridized carbons (Fsp3) is 0.800. The van der Waals surface area contributed by atoms with E-state index >= 15 is 0 Å². The number of rotatable bonds is 6. The maximum Gasteiger partial charge on any atom is 0.241 e. The van der Waals surface area contributed by atoms with Crippen molar-refractivity contribution >= 4 is 41.8 Å². The van der Waals surface area contributed by atoms with Crippen molar-refractivity contribution in [2.75, 3.05) is 39.8 Å². The maximum absolute atomic E-state index is 11.5. The van der Waals surface area contributed by atoms with Gasteiger partial charge >= 0.3 is 0 Å². The van der Waals surface area contributed by atoms with Gasteiger partial charge in [-0.15, -0.1) is 24.0 Å². The molecule has 0 atom stereocenters. The SMILES string of the molecule is CCNC(=O)CN=C(NCC)N1CCC(CC(=O)NC)CC1.I. The summed E-state index contributed by atoms with van der Waals surface area (Å²) in [6.07, 6.45) is 2.54. The van der Waals surface area contributed by atoms with Crippen LogP contribution < -0.4 is 16.0 Å². The number of carbonyl (C=O) groups excluding carboxylic acids is 2. The number of halogens is 1.